The first-order valence-electron chi connectivity index (χ1n) is 7.75. The van der Waals surface area contributed by atoms with E-state index in [0.717, 1.165) is 37.6 Å². The maximum absolute atomic E-state index is 6.02. The van der Waals surface area contributed by atoms with Gasteiger partial charge >= 0.3 is 0 Å². The normalized spacial score (nSPS) is 22.3. The molecule has 21 heavy (non-hydrogen) atoms. The minimum Gasteiger partial charge on any atom is -0.465 e. The van der Waals surface area contributed by atoms with Crippen LogP contribution in [0, 0.1) is 12.8 Å². The number of ether oxygens (including phenoxy) is 1. The molecule has 1 fully saturated rings. The van der Waals surface area contributed by atoms with Crippen molar-refractivity contribution in [3.63, 3.8) is 0 Å². The van der Waals surface area contributed by atoms with Gasteiger partial charge in [0, 0.05) is 19.1 Å². The molecule has 3 rings (SSSR count). The molecule has 2 heterocycles. The molecule has 0 saturated carbocycles. The van der Waals surface area contributed by atoms with E-state index >= 15 is 0 Å². The number of nitrogens with one attached hydrogen (secondary N) is 1. The number of hydrogen-bond acceptors (Lipinski definition) is 3. The molecule has 3 nitrogen and oxygen atoms in total. The van der Waals surface area contributed by atoms with Crippen molar-refractivity contribution in [1.82, 2.24) is 5.32 Å². The molecular weight excluding hydrogens is 262 g/mol. The predicted molar refractivity (Wildman–Crippen MR) is 83.0 cm³/mol. The minimum absolute atomic E-state index is 0.214. The summed E-state index contributed by atoms with van der Waals surface area (Å²) in [6.07, 6.45) is 2.57. The minimum atomic E-state index is 0.214. The number of furan rings is 1. The SMILES string of the molecule is Cc1ccc(CNCC2CCCOC2c2ccccc2)o1. The molecule has 2 aromatic rings. The van der Waals surface area contributed by atoms with Gasteiger partial charge in [-0.3, -0.25) is 0 Å². The molecular formula is C18H23NO2. The second kappa shape index (κ2) is 6.92. The lowest BCUT2D eigenvalue weighted by Gasteiger charge is -2.32. The summed E-state index contributed by atoms with van der Waals surface area (Å²) in [4.78, 5) is 0. The fraction of sp³-hybridized carbons (Fsp3) is 0.444. The van der Waals surface area contributed by atoms with Crippen molar-refractivity contribution in [3.8, 4) is 0 Å². The van der Waals surface area contributed by atoms with Gasteiger partial charge in [-0.2, -0.15) is 0 Å². The quantitative estimate of drug-likeness (QED) is 0.906. The van der Waals surface area contributed by atoms with E-state index in [1.165, 1.54) is 12.0 Å². The van der Waals surface area contributed by atoms with Crippen LogP contribution in [0.1, 0.15) is 36.0 Å². The van der Waals surface area contributed by atoms with E-state index in [-0.39, 0.29) is 6.10 Å². The van der Waals surface area contributed by atoms with Gasteiger partial charge in [0.2, 0.25) is 0 Å². The largest absolute Gasteiger partial charge is 0.465 e. The third-order valence-corrected chi connectivity index (χ3v) is 4.07. The first-order chi connectivity index (χ1) is 10.3. The molecule has 1 aliphatic heterocycles. The van der Waals surface area contributed by atoms with Gasteiger partial charge in [0.15, 0.2) is 0 Å². The summed E-state index contributed by atoms with van der Waals surface area (Å²) in [5, 5.41) is 3.51. The molecule has 2 unspecified atom stereocenters. The Balaban J connectivity index is 1.57. The van der Waals surface area contributed by atoms with Gasteiger partial charge in [-0.15, -0.1) is 0 Å². The molecule has 1 N–H and O–H groups in total. The fourth-order valence-electron chi connectivity index (χ4n) is 3.02. The standard InChI is InChI=1S/C18H23NO2/c1-14-9-10-17(21-14)13-19-12-16-8-5-11-20-18(16)15-6-3-2-4-7-15/h2-4,6-7,9-10,16,18-19H,5,8,11-13H2,1H3. The van der Waals surface area contributed by atoms with Crippen molar-refractivity contribution < 1.29 is 9.15 Å². The Morgan fingerprint density at radius 2 is 2.00 bits per heavy atom. The second-order valence-corrected chi connectivity index (χ2v) is 5.75. The van der Waals surface area contributed by atoms with E-state index in [4.69, 9.17) is 9.15 Å². The molecule has 112 valence electrons. The van der Waals surface area contributed by atoms with Gasteiger partial charge in [-0.05, 0) is 37.5 Å². The molecule has 1 aromatic carbocycles. The summed E-state index contributed by atoms with van der Waals surface area (Å²) in [7, 11) is 0. The maximum Gasteiger partial charge on any atom is 0.117 e. The smallest absolute Gasteiger partial charge is 0.117 e. The predicted octanol–water partition coefficient (Wildman–Crippen LogP) is 3.85. The zero-order valence-corrected chi connectivity index (χ0v) is 12.5. The lowest BCUT2D eigenvalue weighted by Crippen LogP contribution is -2.31. The van der Waals surface area contributed by atoms with Gasteiger partial charge in [-0.1, -0.05) is 30.3 Å². The van der Waals surface area contributed by atoms with E-state index in [9.17, 15) is 0 Å². The topological polar surface area (TPSA) is 34.4 Å². The lowest BCUT2D eigenvalue weighted by atomic mass is 9.89. The molecule has 1 saturated heterocycles. The highest BCUT2D eigenvalue weighted by molar-refractivity contribution is 5.19. The van der Waals surface area contributed by atoms with Crippen LogP contribution in [-0.4, -0.2) is 13.2 Å². The van der Waals surface area contributed by atoms with Crippen molar-refractivity contribution in [2.24, 2.45) is 5.92 Å². The van der Waals surface area contributed by atoms with Crippen LogP contribution in [0.3, 0.4) is 0 Å². The van der Waals surface area contributed by atoms with Crippen LogP contribution in [-0.2, 0) is 11.3 Å². The summed E-state index contributed by atoms with van der Waals surface area (Å²) < 4.78 is 11.6. The summed E-state index contributed by atoms with van der Waals surface area (Å²) in [5.74, 6) is 2.49. The Labute approximate surface area is 126 Å². The van der Waals surface area contributed by atoms with E-state index in [1.54, 1.807) is 0 Å². The Kier molecular flexibility index (Phi) is 4.73. The van der Waals surface area contributed by atoms with Crippen LogP contribution in [0.15, 0.2) is 46.9 Å². The molecule has 0 bridgehead atoms. The second-order valence-electron chi connectivity index (χ2n) is 5.75. The average molecular weight is 285 g/mol. The van der Waals surface area contributed by atoms with Crippen molar-refractivity contribution in [2.75, 3.05) is 13.2 Å². The van der Waals surface area contributed by atoms with Crippen LogP contribution in [0.25, 0.3) is 0 Å². The Hall–Kier alpha value is -1.58. The molecule has 2 atom stereocenters. The summed E-state index contributed by atoms with van der Waals surface area (Å²) in [5.41, 5.74) is 1.29. The van der Waals surface area contributed by atoms with Gasteiger partial charge in [0.25, 0.3) is 0 Å². The molecule has 1 aliphatic rings. The molecule has 0 radical (unpaired) electrons. The molecule has 3 heteroatoms. The molecule has 0 amide bonds. The molecule has 0 aliphatic carbocycles. The van der Waals surface area contributed by atoms with Crippen molar-refractivity contribution >= 4 is 0 Å². The van der Waals surface area contributed by atoms with Crippen LogP contribution < -0.4 is 5.32 Å². The zero-order valence-electron chi connectivity index (χ0n) is 12.5. The lowest BCUT2D eigenvalue weighted by molar-refractivity contribution is -0.0279. The maximum atomic E-state index is 6.02. The highest BCUT2D eigenvalue weighted by Gasteiger charge is 2.26. The van der Waals surface area contributed by atoms with Crippen LogP contribution >= 0.6 is 0 Å². The van der Waals surface area contributed by atoms with Crippen LogP contribution in [0.4, 0.5) is 0 Å². The average Bonchev–Trinajstić information content (AvgIpc) is 2.94. The van der Waals surface area contributed by atoms with E-state index < -0.39 is 0 Å². The first-order valence-corrected chi connectivity index (χ1v) is 7.75. The fourth-order valence-corrected chi connectivity index (χ4v) is 3.02. The zero-order chi connectivity index (χ0) is 14.5. The van der Waals surface area contributed by atoms with E-state index in [1.807, 2.05) is 19.1 Å². The number of hydrogen-bond donors (Lipinski definition) is 1. The summed E-state index contributed by atoms with van der Waals surface area (Å²) >= 11 is 0. The number of benzene rings is 1. The number of rotatable bonds is 5. The van der Waals surface area contributed by atoms with E-state index in [0.29, 0.717) is 5.92 Å². The van der Waals surface area contributed by atoms with Gasteiger partial charge in [0.05, 0.1) is 12.6 Å². The van der Waals surface area contributed by atoms with Gasteiger partial charge < -0.3 is 14.5 Å². The Morgan fingerprint density at radius 3 is 2.76 bits per heavy atom. The van der Waals surface area contributed by atoms with Gasteiger partial charge in [0.1, 0.15) is 11.5 Å². The monoisotopic (exact) mass is 285 g/mol. The van der Waals surface area contributed by atoms with Crippen LogP contribution in [0.5, 0.6) is 0 Å². The molecule has 0 spiro atoms. The molecule has 1 aromatic heterocycles. The first kappa shape index (κ1) is 14.4. The van der Waals surface area contributed by atoms with Crippen molar-refractivity contribution in [2.45, 2.75) is 32.4 Å². The van der Waals surface area contributed by atoms with Crippen molar-refractivity contribution in [1.29, 1.82) is 0 Å². The summed E-state index contributed by atoms with van der Waals surface area (Å²) in [6.45, 7) is 4.59. The Bertz CT molecular complexity index is 549. The summed E-state index contributed by atoms with van der Waals surface area (Å²) in [6, 6.07) is 14.6. The highest BCUT2D eigenvalue weighted by Crippen LogP contribution is 2.33. The number of aryl methyl sites for hydroxylation is 1. The van der Waals surface area contributed by atoms with E-state index in [2.05, 4.69) is 35.6 Å². The van der Waals surface area contributed by atoms with Crippen LogP contribution in [0.2, 0.25) is 0 Å². The van der Waals surface area contributed by atoms with Crippen molar-refractivity contribution in [3.05, 3.63) is 59.5 Å². The third-order valence-electron chi connectivity index (χ3n) is 4.07. The van der Waals surface area contributed by atoms with Gasteiger partial charge in [-0.25, -0.2) is 0 Å². The highest BCUT2D eigenvalue weighted by atomic mass is 16.5. The Morgan fingerprint density at radius 1 is 1.14 bits per heavy atom. The third kappa shape index (κ3) is 3.74.